The summed E-state index contributed by atoms with van der Waals surface area (Å²) in [7, 11) is -3.59. The first-order valence-electron chi connectivity index (χ1n) is 7.22. The van der Waals surface area contributed by atoms with Crippen LogP contribution in [0, 0.1) is 5.92 Å². The zero-order valence-electron chi connectivity index (χ0n) is 12.1. The Morgan fingerprint density at radius 3 is 2.52 bits per heavy atom. The van der Waals surface area contributed by atoms with Crippen LogP contribution in [0.2, 0.25) is 0 Å². The number of carbonyl (C=O) groups is 1. The average Bonchev–Trinajstić information content (AvgIpc) is 2.96. The molecule has 0 radical (unpaired) electrons. The Kier molecular flexibility index (Phi) is 5.00. The number of carboxylic acid groups (broad SMARTS) is 1. The third-order valence-electron chi connectivity index (χ3n) is 4.07. The van der Waals surface area contributed by atoms with Crippen molar-refractivity contribution in [1.82, 2.24) is 4.31 Å². The van der Waals surface area contributed by atoms with Crippen LogP contribution >= 0.6 is 0 Å². The van der Waals surface area contributed by atoms with Gasteiger partial charge >= 0.3 is 5.97 Å². The fourth-order valence-corrected chi connectivity index (χ4v) is 5.13. The van der Waals surface area contributed by atoms with E-state index in [1.807, 2.05) is 30.3 Å². The van der Waals surface area contributed by atoms with Gasteiger partial charge in [-0.05, 0) is 18.4 Å². The zero-order valence-corrected chi connectivity index (χ0v) is 12.9. The number of rotatable bonds is 6. The molecule has 21 heavy (non-hydrogen) atoms. The molecule has 5 nitrogen and oxygen atoms in total. The lowest BCUT2D eigenvalue weighted by Gasteiger charge is -2.26. The smallest absolute Gasteiger partial charge is 0.307 e. The van der Waals surface area contributed by atoms with Gasteiger partial charge in [-0.2, -0.15) is 4.31 Å². The van der Waals surface area contributed by atoms with Crippen LogP contribution in [-0.2, 0) is 21.4 Å². The van der Waals surface area contributed by atoms with Crippen molar-refractivity contribution < 1.29 is 18.3 Å². The monoisotopic (exact) mass is 311 g/mol. The van der Waals surface area contributed by atoms with E-state index in [0.717, 1.165) is 5.56 Å². The number of carboxylic acids is 1. The molecule has 116 valence electrons. The second-order valence-electron chi connectivity index (χ2n) is 5.37. The fraction of sp³-hybridized carbons (Fsp3) is 0.533. The standard InChI is InChI=1S/C15H21NO4S/c1-2-16(11-12-7-4-3-5-8-12)21(19,20)14-10-6-9-13(14)15(17)18/h3-5,7-8,13-14H,2,6,9-11H2,1H3,(H,17,18). The summed E-state index contributed by atoms with van der Waals surface area (Å²) in [6, 6.07) is 9.37. The van der Waals surface area contributed by atoms with Crippen molar-refractivity contribution in [3.8, 4) is 0 Å². The summed E-state index contributed by atoms with van der Waals surface area (Å²) >= 11 is 0. The van der Waals surface area contributed by atoms with Gasteiger partial charge in [-0.15, -0.1) is 0 Å². The minimum atomic E-state index is -3.59. The first-order valence-corrected chi connectivity index (χ1v) is 8.72. The SMILES string of the molecule is CCN(Cc1ccccc1)S(=O)(=O)C1CCCC1C(=O)O. The van der Waals surface area contributed by atoms with Crippen LogP contribution in [0.1, 0.15) is 31.7 Å². The molecular formula is C15H21NO4S. The summed E-state index contributed by atoms with van der Waals surface area (Å²) in [5.41, 5.74) is 0.910. The quantitative estimate of drug-likeness (QED) is 0.873. The topological polar surface area (TPSA) is 74.7 Å². The normalized spacial score (nSPS) is 22.6. The van der Waals surface area contributed by atoms with E-state index in [0.29, 0.717) is 32.4 Å². The van der Waals surface area contributed by atoms with Crippen LogP contribution in [-0.4, -0.2) is 35.6 Å². The van der Waals surface area contributed by atoms with E-state index in [4.69, 9.17) is 0 Å². The Morgan fingerprint density at radius 2 is 1.95 bits per heavy atom. The molecule has 2 atom stereocenters. The third kappa shape index (κ3) is 3.44. The Balaban J connectivity index is 2.21. The number of nitrogens with zero attached hydrogens (tertiary/aromatic N) is 1. The van der Waals surface area contributed by atoms with Crippen LogP contribution < -0.4 is 0 Å². The molecule has 2 unspecified atom stereocenters. The number of sulfonamides is 1. The molecule has 0 spiro atoms. The summed E-state index contributed by atoms with van der Waals surface area (Å²) in [5.74, 6) is -1.78. The number of aliphatic carboxylic acids is 1. The van der Waals surface area contributed by atoms with Crippen molar-refractivity contribution >= 4 is 16.0 Å². The number of hydrogen-bond donors (Lipinski definition) is 1. The highest BCUT2D eigenvalue weighted by Gasteiger charge is 2.43. The van der Waals surface area contributed by atoms with Gasteiger partial charge in [0.1, 0.15) is 0 Å². The summed E-state index contributed by atoms with van der Waals surface area (Å²) in [5, 5.41) is 8.42. The minimum Gasteiger partial charge on any atom is -0.481 e. The second kappa shape index (κ2) is 6.58. The zero-order chi connectivity index (χ0) is 15.5. The highest BCUT2D eigenvalue weighted by atomic mass is 32.2. The third-order valence-corrected chi connectivity index (χ3v) is 6.50. The molecule has 1 aromatic carbocycles. The molecule has 1 fully saturated rings. The maximum absolute atomic E-state index is 12.7. The van der Waals surface area contributed by atoms with Crippen molar-refractivity contribution in [2.24, 2.45) is 5.92 Å². The lowest BCUT2D eigenvalue weighted by molar-refractivity contribution is -0.141. The highest BCUT2D eigenvalue weighted by molar-refractivity contribution is 7.89. The molecule has 6 heteroatoms. The van der Waals surface area contributed by atoms with E-state index < -0.39 is 27.2 Å². The Hall–Kier alpha value is -1.40. The molecule has 0 saturated heterocycles. The van der Waals surface area contributed by atoms with Crippen LogP contribution in [0.5, 0.6) is 0 Å². The highest BCUT2D eigenvalue weighted by Crippen LogP contribution is 2.33. The van der Waals surface area contributed by atoms with Crippen molar-refractivity contribution in [2.45, 2.75) is 38.0 Å². The first-order chi connectivity index (χ1) is 9.96. The van der Waals surface area contributed by atoms with Crippen LogP contribution in [0.15, 0.2) is 30.3 Å². The molecular weight excluding hydrogens is 290 g/mol. The van der Waals surface area contributed by atoms with E-state index >= 15 is 0 Å². The van der Waals surface area contributed by atoms with Crippen LogP contribution in [0.4, 0.5) is 0 Å². The molecule has 1 aliphatic rings. The molecule has 0 aliphatic heterocycles. The Morgan fingerprint density at radius 1 is 1.29 bits per heavy atom. The fourth-order valence-electron chi connectivity index (χ4n) is 2.93. The van der Waals surface area contributed by atoms with Gasteiger partial charge in [-0.3, -0.25) is 4.79 Å². The Bertz CT molecular complexity index is 585. The predicted molar refractivity (Wildman–Crippen MR) is 80.2 cm³/mol. The van der Waals surface area contributed by atoms with Crippen molar-refractivity contribution in [2.75, 3.05) is 6.54 Å². The lowest BCUT2D eigenvalue weighted by atomic mass is 10.1. The first kappa shape index (κ1) is 16.0. The molecule has 1 aliphatic carbocycles. The van der Waals surface area contributed by atoms with E-state index in [-0.39, 0.29) is 0 Å². The predicted octanol–water partition coefficient (Wildman–Crippen LogP) is 2.09. The van der Waals surface area contributed by atoms with E-state index in [9.17, 15) is 18.3 Å². The maximum atomic E-state index is 12.7. The summed E-state index contributed by atoms with van der Waals surface area (Å²) in [6.45, 7) is 2.42. The van der Waals surface area contributed by atoms with Gasteiger partial charge in [0.25, 0.3) is 0 Å². The van der Waals surface area contributed by atoms with Crippen molar-refractivity contribution in [3.05, 3.63) is 35.9 Å². The molecule has 1 saturated carbocycles. The van der Waals surface area contributed by atoms with Gasteiger partial charge in [-0.25, -0.2) is 8.42 Å². The maximum Gasteiger partial charge on any atom is 0.307 e. The molecule has 0 heterocycles. The van der Waals surface area contributed by atoms with Crippen LogP contribution in [0.25, 0.3) is 0 Å². The van der Waals surface area contributed by atoms with Crippen molar-refractivity contribution in [1.29, 1.82) is 0 Å². The van der Waals surface area contributed by atoms with Gasteiger partial charge in [0.15, 0.2) is 0 Å². The molecule has 0 amide bonds. The van der Waals surface area contributed by atoms with Gasteiger partial charge in [0.2, 0.25) is 10.0 Å². The number of hydrogen-bond acceptors (Lipinski definition) is 3. The second-order valence-corrected chi connectivity index (χ2v) is 7.52. The summed E-state index contributed by atoms with van der Waals surface area (Å²) in [4.78, 5) is 11.2. The minimum absolute atomic E-state index is 0.294. The van der Waals surface area contributed by atoms with Gasteiger partial charge in [-0.1, -0.05) is 43.7 Å². The average molecular weight is 311 g/mol. The largest absolute Gasteiger partial charge is 0.481 e. The van der Waals surface area contributed by atoms with Gasteiger partial charge < -0.3 is 5.11 Å². The molecule has 0 aromatic heterocycles. The summed E-state index contributed by atoms with van der Waals surface area (Å²) < 4.78 is 26.9. The van der Waals surface area contributed by atoms with E-state index in [1.54, 1.807) is 6.92 Å². The van der Waals surface area contributed by atoms with E-state index in [2.05, 4.69) is 0 Å². The van der Waals surface area contributed by atoms with Gasteiger partial charge in [0, 0.05) is 13.1 Å². The lowest BCUT2D eigenvalue weighted by Crippen LogP contribution is -2.41. The van der Waals surface area contributed by atoms with Gasteiger partial charge in [0.05, 0.1) is 11.2 Å². The number of benzene rings is 1. The van der Waals surface area contributed by atoms with E-state index in [1.165, 1.54) is 4.31 Å². The van der Waals surface area contributed by atoms with Crippen molar-refractivity contribution in [3.63, 3.8) is 0 Å². The molecule has 2 rings (SSSR count). The molecule has 1 N–H and O–H groups in total. The Labute approximate surface area is 125 Å². The molecule has 0 bridgehead atoms. The van der Waals surface area contributed by atoms with Crippen LogP contribution in [0.3, 0.4) is 0 Å². The molecule has 1 aromatic rings. The summed E-state index contributed by atoms with van der Waals surface area (Å²) in [6.07, 6.45) is 1.54.